The Morgan fingerprint density at radius 2 is 2.19 bits per heavy atom. The minimum Gasteiger partial charge on any atom is -0.451 e. The van der Waals surface area contributed by atoms with Crippen LogP contribution in [0.1, 0.15) is 15.2 Å². The number of hydrogen-bond donors (Lipinski definition) is 1. The summed E-state index contributed by atoms with van der Waals surface area (Å²) in [5.41, 5.74) is 0.745. The third kappa shape index (κ3) is 4.05. The van der Waals surface area contributed by atoms with Gasteiger partial charge in [0, 0.05) is 5.69 Å². The zero-order valence-corrected chi connectivity index (χ0v) is 12.2. The summed E-state index contributed by atoms with van der Waals surface area (Å²) in [4.78, 5) is 23.6. The van der Waals surface area contributed by atoms with E-state index in [0.29, 0.717) is 16.1 Å². The number of hydrogen-bond acceptors (Lipinski definition) is 5. The van der Waals surface area contributed by atoms with Crippen molar-refractivity contribution in [3.63, 3.8) is 0 Å². The molecule has 0 radical (unpaired) electrons. The largest absolute Gasteiger partial charge is 0.451 e. The molecule has 21 heavy (non-hydrogen) atoms. The summed E-state index contributed by atoms with van der Waals surface area (Å²) < 4.78 is 4.87. The van der Waals surface area contributed by atoms with Gasteiger partial charge in [-0.1, -0.05) is 17.7 Å². The maximum absolute atomic E-state index is 11.7. The topological polar surface area (TPSA) is 79.2 Å². The van der Waals surface area contributed by atoms with Gasteiger partial charge in [-0.05, 0) is 29.6 Å². The summed E-state index contributed by atoms with van der Waals surface area (Å²) in [6, 6.07) is 9.76. The van der Waals surface area contributed by atoms with E-state index in [4.69, 9.17) is 21.6 Å². The van der Waals surface area contributed by atoms with E-state index in [1.807, 2.05) is 6.07 Å². The molecular weight excluding hydrogens is 312 g/mol. The highest BCUT2D eigenvalue weighted by molar-refractivity contribution is 7.11. The molecule has 1 aromatic heterocycles. The standard InChI is InChI=1S/C14H9ClN2O3S/c15-11-6-10(4-3-9(11)7-16)17-13(18)8-20-14(19)12-2-1-5-21-12/h1-6H,8H2,(H,17,18). The number of nitrogens with zero attached hydrogens (tertiary/aromatic N) is 1. The molecule has 7 heteroatoms. The Morgan fingerprint density at radius 3 is 2.81 bits per heavy atom. The summed E-state index contributed by atoms with van der Waals surface area (Å²) in [5, 5.41) is 13.3. The average Bonchev–Trinajstić information content (AvgIpc) is 2.99. The SMILES string of the molecule is N#Cc1ccc(NC(=O)COC(=O)c2cccs2)cc1Cl. The molecule has 0 unspecified atom stereocenters. The lowest BCUT2D eigenvalue weighted by atomic mass is 10.2. The molecule has 0 bridgehead atoms. The number of nitrogens with one attached hydrogen (secondary N) is 1. The predicted molar refractivity (Wildman–Crippen MR) is 79.4 cm³/mol. The van der Waals surface area contributed by atoms with Crippen molar-refractivity contribution in [1.29, 1.82) is 5.26 Å². The number of ether oxygens (including phenoxy) is 1. The number of thiophene rings is 1. The molecular formula is C14H9ClN2O3S. The molecule has 0 fully saturated rings. The van der Waals surface area contributed by atoms with Gasteiger partial charge >= 0.3 is 5.97 Å². The number of benzene rings is 1. The number of anilines is 1. The van der Waals surface area contributed by atoms with Crippen LogP contribution in [0, 0.1) is 11.3 Å². The molecule has 0 aliphatic heterocycles. The van der Waals surface area contributed by atoms with Crippen LogP contribution < -0.4 is 5.32 Å². The first kappa shape index (κ1) is 15.0. The highest BCUT2D eigenvalue weighted by Gasteiger charge is 2.11. The number of esters is 1. The van der Waals surface area contributed by atoms with Crippen LogP contribution in [0.15, 0.2) is 35.7 Å². The second-order valence-corrected chi connectivity index (χ2v) is 5.26. The third-order valence-electron chi connectivity index (χ3n) is 2.43. The molecule has 2 rings (SSSR count). The summed E-state index contributed by atoms with van der Waals surface area (Å²) in [7, 11) is 0. The van der Waals surface area contributed by atoms with Crippen molar-refractivity contribution in [2.75, 3.05) is 11.9 Å². The second-order valence-electron chi connectivity index (χ2n) is 3.91. The van der Waals surface area contributed by atoms with E-state index in [0.717, 1.165) is 0 Å². The van der Waals surface area contributed by atoms with E-state index in [2.05, 4.69) is 5.32 Å². The first-order valence-electron chi connectivity index (χ1n) is 5.80. The number of amides is 1. The first-order valence-corrected chi connectivity index (χ1v) is 7.06. The number of rotatable bonds is 4. The lowest BCUT2D eigenvalue weighted by Crippen LogP contribution is -2.20. The Hall–Kier alpha value is -2.36. The summed E-state index contributed by atoms with van der Waals surface area (Å²) in [6.07, 6.45) is 0. The molecule has 1 amide bonds. The Bertz CT molecular complexity index is 708. The van der Waals surface area contributed by atoms with Crippen molar-refractivity contribution in [3.8, 4) is 6.07 Å². The van der Waals surface area contributed by atoms with E-state index in [1.54, 1.807) is 23.6 Å². The molecule has 0 atom stereocenters. The minimum atomic E-state index is -0.544. The molecule has 0 saturated carbocycles. The van der Waals surface area contributed by atoms with Gasteiger partial charge in [-0.15, -0.1) is 11.3 Å². The molecule has 1 heterocycles. The zero-order chi connectivity index (χ0) is 15.2. The quantitative estimate of drug-likeness (QED) is 0.878. The molecule has 0 aliphatic carbocycles. The van der Waals surface area contributed by atoms with Crippen LogP contribution in [0.3, 0.4) is 0 Å². The maximum atomic E-state index is 11.7. The van der Waals surface area contributed by atoms with Gasteiger partial charge in [0.05, 0.1) is 10.6 Å². The highest BCUT2D eigenvalue weighted by atomic mass is 35.5. The summed E-state index contributed by atoms with van der Waals surface area (Å²) in [6.45, 7) is -0.394. The van der Waals surface area contributed by atoms with Crippen LogP contribution in [0.2, 0.25) is 5.02 Å². The third-order valence-corrected chi connectivity index (χ3v) is 3.59. The summed E-state index contributed by atoms with van der Waals surface area (Å²) >= 11 is 7.09. The van der Waals surface area contributed by atoms with Crippen molar-refractivity contribution in [2.24, 2.45) is 0 Å². The lowest BCUT2D eigenvalue weighted by Gasteiger charge is -2.06. The van der Waals surface area contributed by atoms with E-state index >= 15 is 0 Å². The van der Waals surface area contributed by atoms with Crippen LogP contribution >= 0.6 is 22.9 Å². The number of halogens is 1. The normalized spacial score (nSPS) is 9.71. The van der Waals surface area contributed by atoms with Gasteiger partial charge in [0.25, 0.3) is 5.91 Å². The predicted octanol–water partition coefficient (Wildman–Crippen LogP) is 3.07. The van der Waals surface area contributed by atoms with Gasteiger partial charge in [-0.3, -0.25) is 4.79 Å². The minimum absolute atomic E-state index is 0.242. The molecule has 5 nitrogen and oxygen atoms in total. The average molecular weight is 321 g/mol. The van der Waals surface area contributed by atoms with Crippen molar-refractivity contribution in [2.45, 2.75) is 0 Å². The van der Waals surface area contributed by atoms with Gasteiger partial charge in [-0.2, -0.15) is 5.26 Å². The highest BCUT2D eigenvalue weighted by Crippen LogP contribution is 2.20. The van der Waals surface area contributed by atoms with Crippen molar-refractivity contribution in [3.05, 3.63) is 51.2 Å². The second kappa shape index (κ2) is 6.88. The van der Waals surface area contributed by atoms with Crippen LogP contribution in [0.4, 0.5) is 5.69 Å². The number of carbonyl (C=O) groups excluding carboxylic acids is 2. The summed E-state index contributed by atoms with van der Waals surface area (Å²) in [5.74, 6) is -1.03. The molecule has 0 aliphatic rings. The van der Waals surface area contributed by atoms with Gasteiger partial charge in [0.2, 0.25) is 0 Å². The van der Waals surface area contributed by atoms with Gasteiger partial charge in [0.1, 0.15) is 10.9 Å². The van der Waals surface area contributed by atoms with Crippen LogP contribution in [0.25, 0.3) is 0 Å². The van der Waals surface area contributed by atoms with Crippen LogP contribution in [0.5, 0.6) is 0 Å². The van der Waals surface area contributed by atoms with Crippen LogP contribution in [-0.4, -0.2) is 18.5 Å². The van der Waals surface area contributed by atoms with E-state index < -0.39 is 18.5 Å². The van der Waals surface area contributed by atoms with Gasteiger partial charge in [0.15, 0.2) is 6.61 Å². The Morgan fingerprint density at radius 1 is 1.38 bits per heavy atom. The first-order chi connectivity index (χ1) is 10.1. The van der Waals surface area contributed by atoms with Gasteiger partial charge in [-0.25, -0.2) is 4.79 Å². The molecule has 1 aromatic carbocycles. The molecule has 0 saturated heterocycles. The number of nitriles is 1. The van der Waals surface area contributed by atoms with Crippen molar-refractivity contribution in [1.82, 2.24) is 0 Å². The smallest absolute Gasteiger partial charge is 0.348 e. The number of carbonyl (C=O) groups is 2. The lowest BCUT2D eigenvalue weighted by molar-refractivity contribution is -0.119. The molecule has 106 valence electrons. The Kier molecular flexibility index (Phi) is 4.93. The Labute approximate surface area is 129 Å². The molecule has 1 N–H and O–H groups in total. The van der Waals surface area contributed by atoms with Crippen molar-refractivity contribution >= 4 is 40.5 Å². The zero-order valence-electron chi connectivity index (χ0n) is 10.6. The molecule has 2 aromatic rings. The van der Waals surface area contributed by atoms with Gasteiger partial charge < -0.3 is 10.1 Å². The fourth-order valence-corrected chi connectivity index (χ4v) is 2.32. The Balaban J connectivity index is 1.89. The van der Waals surface area contributed by atoms with E-state index in [-0.39, 0.29) is 5.02 Å². The van der Waals surface area contributed by atoms with E-state index in [9.17, 15) is 9.59 Å². The fourth-order valence-electron chi connectivity index (χ4n) is 1.48. The molecule has 0 spiro atoms. The fraction of sp³-hybridized carbons (Fsp3) is 0.0714. The monoisotopic (exact) mass is 320 g/mol. The van der Waals surface area contributed by atoms with Crippen molar-refractivity contribution < 1.29 is 14.3 Å². The van der Waals surface area contributed by atoms with Crippen LogP contribution in [-0.2, 0) is 9.53 Å². The van der Waals surface area contributed by atoms with E-state index in [1.165, 1.54) is 23.5 Å². The maximum Gasteiger partial charge on any atom is 0.348 e.